The van der Waals surface area contributed by atoms with E-state index in [2.05, 4.69) is 71.7 Å². The summed E-state index contributed by atoms with van der Waals surface area (Å²) in [5.74, 6) is 0.526. The summed E-state index contributed by atoms with van der Waals surface area (Å²) in [4.78, 5) is 16.5. The van der Waals surface area contributed by atoms with Crippen molar-refractivity contribution in [2.75, 3.05) is 26.7 Å². The SMILES string of the molecule is CN(C[C@H](CC[C@@H]1Sc2ccccc2C12CCNCC2)c1ccccc1)C(=O)Cc1ccccc1. The van der Waals surface area contributed by atoms with Crippen LogP contribution in [-0.2, 0) is 16.6 Å². The second kappa shape index (κ2) is 11.0. The lowest BCUT2D eigenvalue weighted by Crippen LogP contribution is -2.44. The van der Waals surface area contributed by atoms with Crippen LogP contribution < -0.4 is 5.32 Å². The van der Waals surface area contributed by atoms with Crippen molar-refractivity contribution < 1.29 is 4.79 Å². The lowest BCUT2D eigenvalue weighted by molar-refractivity contribution is -0.129. The van der Waals surface area contributed by atoms with Gasteiger partial charge in [0.1, 0.15) is 0 Å². The van der Waals surface area contributed by atoms with E-state index in [0.717, 1.165) is 31.6 Å². The normalized spacial score (nSPS) is 19.3. The zero-order valence-electron chi connectivity index (χ0n) is 20.7. The third-order valence-corrected chi connectivity index (χ3v) is 9.55. The number of hydrogen-bond donors (Lipinski definition) is 1. The summed E-state index contributed by atoms with van der Waals surface area (Å²) in [6.07, 6.45) is 5.15. The van der Waals surface area contributed by atoms with E-state index in [-0.39, 0.29) is 11.3 Å². The van der Waals surface area contributed by atoms with E-state index in [1.165, 1.54) is 29.7 Å². The number of rotatable bonds is 8. The predicted octanol–water partition coefficient (Wildman–Crippen LogP) is 6.05. The second-order valence-electron chi connectivity index (χ2n) is 10.1. The predicted molar refractivity (Wildman–Crippen MR) is 146 cm³/mol. The van der Waals surface area contributed by atoms with Gasteiger partial charge in [-0.25, -0.2) is 0 Å². The molecule has 1 spiro atoms. The Morgan fingerprint density at radius 3 is 2.37 bits per heavy atom. The van der Waals surface area contributed by atoms with E-state index in [0.29, 0.717) is 17.6 Å². The minimum atomic E-state index is 0.189. The molecule has 35 heavy (non-hydrogen) atoms. The molecule has 1 fully saturated rings. The molecular formula is C31H36N2OS. The molecule has 0 unspecified atom stereocenters. The van der Waals surface area contributed by atoms with Crippen LogP contribution >= 0.6 is 11.8 Å². The maximum Gasteiger partial charge on any atom is 0.226 e. The number of carbonyl (C=O) groups is 1. The average Bonchev–Trinajstić information content (AvgIpc) is 3.20. The van der Waals surface area contributed by atoms with Gasteiger partial charge in [0.05, 0.1) is 6.42 Å². The highest BCUT2D eigenvalue weighted by molar-refractivity contribution is 8.00. The van der Waals surface area contributed by atoms with Crippen LogP contribution in [-0.4, -0.2) is 42.7 Å². The van der Waals surface area contributed by atoms with E-state index in [4.69, 9.17) is 0 Å². The first-order chi connectivity index (χ1) is 17.2. The summed E-state index contributed by atoms with van der Waals surface area (Å²) >= 11 is 2.10. The summed E-state index contributed by atoms with van der Waals surface area (Å²) < 4.78 is 0. The highest BCUT2D eigenvalue weighted by Gasteiger charge is 2.47. The third-order valence-electron chi connectivity index (χ3n) is 7.97. The molecule has 182 valence electrons. The number of thioether (sulfide) groups is 1. The standard InChI is InChI=1S/C31H36N2OS/c1-33(30(34)22-24-10-4-2-5-11-24)23-26(25-12-6-3-7-13-25)16-17-29-31(18-20-32-21-19-31)27-14-8-9-15-28(27)35-29/h2-15,26,29,32H,16-23H2,1H3/t26-,29-/m0/s1. The lowest BCUT2D eigenvalue weighted by Gasteiger charge is -2.40. The Morgan fingerprint density at radius 2 is 1.63 bits per heavy atom. The summed E-state index contributed by atoms with van der Waals surface area (Å²) in [6.45, 7) is 2.96. The Kier molecular flexibility index (Phi) is 7.60. The van der Waals surface area contributed by atoms with E-state index in [9.17, 15) is 4.79 Å². The van der Waals surface area contributed by atoms with E-state index in [1.54, 1.807) is 5.56 Å². The number of nitrogens with zero attached hydrogens (tertiary/aromatic N) is 1. The van der Waals surface area contributed by atoms with Crippen LogP contribution in [0.15, 0.2) is 89.8 Å². The number of benzene rings is 3. The molecule has 1 N–H and O–H groups in total. The van der Waals surface area contributed by atoms with Gasteiger partial charge in [0, 0.05) is 35.1 Å². The van der Waals surface area contributed by atoms with Crippen LogP contribution in [0, 0.1) is 0 Å². The largest absolute Gasteiger partial charge is 0.345 e. The van der Waals surface area contributed by atoms with Gasteiger partial charge >= 0.3 is 0 Å². The minimum absolute atomic E-state index is 0.189. The molecule has 0 saturated carbocycles. The van der Waals surface area contributed by atoms with Gasteiger partial charge in [0.2, 0.25) is 5.91 Å². The molecule has 3 nitrogen and oxygen atoms in total. The van der Waals surface area contributed by atoms with Crippen molar-refractivity contribution in [3.8, 4) is 0 Å². The molecule has 1 saturated heterocycles. The molecule has 3 aromatic carbocycles. The maximum absolute atomic E-state index is 13.0. The Bertz CT molecular complexity index is 1110. The molecule has 0 aromatic heterocycles. The van der Waals surface area contributed by atoms with Gasteiger partial charge in [-0.05, 0) is 61.5 Å². The molecule has 0 bridgehead atoms. The van der Waals surface area contributed by atoms with Crippen LogP contribution in [0.1, 0.15) is 48.3 Å². The number of likely N-dealkylation sites (N-methyl/N-ethyl adjacent to an activating group) is 1. The van der Waals surface area contributed by atoms with Crippen LogP contribution in [0.25, 0.3) is 0 Å². The van der Waals surface area contributed by atoms with Crippen molar-refractivity contribution >= 4 is 17.7 Å². The topological polar surface area (TPSA) is 32.3 Å². The molecule has 2 heterocycles. The second-order valence-corrected chi connectivity index (χ2v) is 11.4. The zero-order valence-corrected chi connectivity index (χ0v) is 21.5. The Hall–Kier alpha value is -2.56. The Balaban J connectivity index is 1.31. The maximum atomic E-state index is 13.0. The van der Waals surface area contributed by atoms with Crippen molar-refractivity contribution in [2.24, 2.45) is 0 Å². The van der Waals surface area contributed by atoms with Gasteiger partial charge in [-0.15, -0.1) is 11.8 Å². The number of amides is 1. The molecule has 2 aliphatic rings. The fraction of sp³-hybridized carbons (Fsp3) is 0.387. The van der Waals surface area contributed by atoms with E-state index in [1.807, 2.05) is 42.3 Å². The van der Waals surface area contributed by atoms with Gasteiger partial charge in [-0.3, -0.25) is 4.79 Å². The summed E-state index contributed by atoms with van der Waals surface area (Å²) in [5.41, 5.74) is 4.27. The highest BCUT2D eigenvalue weighted by Crippen LogP contribution is 2.55. The molecule has 5 rings (SSSR count). The molecule has 0 radical (unpaired) electrons. The van der Waals surface area contributed by atoms with Gasteiger partial charge in [0.25, 0.3) is 0 Å². The molecule has 4 heteroatoms. The smallest absolute Gasteiger partial charge is 0.226 e. The Labute approximate surface area is 214 Å². The number of piperidine rings is 1. The molecule has 0 aliphatic carbocycles. The Morgan fingerprint density at radius 1 is 0.971 bits per heavy atom. The van der Waals surface area contributed by atoms with Gasteiger partial charge < -0.3 is 10.2 Å². The van der Waals surface area contributed by atoms with E-state index < -0.39 is 0 Å². The summed E-state index contributed by atoms with van der Waals surface area (Å²) in [5, 5.41) is 4.18. The molecule has 2 atom stereocenters. The van der Waals surface area contributed by atoms with Crippen molar-refractivity contribution in [1.29, 1.82) is 0 Å². The van der Waals surface area contributed by atoms with Gasteiger partial charge in [0.15, 0.2) is 0 Å². The van der Waals surface area contributed by atoms with Crippen LogP contribution in [0.2, 0.25) is 0 Å². The van der Waals surface area contributed by atoms with Crippen molar-refractivity contribution in [3.63, 3.8) is 0 Å². The quantitative estimate of drug-likeness (QED) is 0.423. The fourth-order valence-corrected chi connectivity index (χ4v) is 7.70. The first kappa shape index (κ1) is 24.1. The number of carbonyl (C=O) groups excluding carboxylic acids is 1. The lowest BCUT2D eigenvalue weighted by atomic mass is 9.69. The van der Waals surface area contributed by atoms with Crippen LogP contribution in [0.4, 0.5) is 0 Å². The van der Waals surface area contributed by atoms with Crippen LogP contribution in [0.5, 0.6) is 0 Å². The molecule has 1 amide bonds. The van der Waals surface area contributed by atoms with Crippen molar-refractivity contribution in [1.82, 2.24) is 10.2 Å². The monoisotopic (exact) mass is 484 g/mol. The fourth-order valence-electron chi connectivity index (χ4n) is 6.00. The summed E-state index contributed by atoms with van der Waals surface area (Å²) in [6, 6.07) is 30.0. The third kappa shape index (κ3) is 5.34. The first-order valence-corrected chi connectivity index (χ1v) is 13.8. The molecular weight excluding hydrogens is 448 g/mol. The van der Waals surface area contributed by atoms with Crippen LogP contribution in [0.3, 0.4) is 0 Å². The number of fused-ring (bicyclic) bond motifs is 2. The highest BCUT2D eigenvalue weighted by atomic mass is 32.2. The van der Waals surface area contributed by atoms with Gasteiger partial charge in [-0.2, -0.15) is 0 Å². The first-order valence-electron chi connectivity index (χ1n) is 13.0. The number of hydrogen-bond acceptors (Lipinski definition) is 3. The number of nitrogens with one attached hydrogen (secondary N) is 1. The van der Waals surface area contributed by atoms with Crippen molar-refractivity contribution in [3.05, 3.63) is 102 Å². The summed E-state index contributed by atoms with van der Waals surface area (Å²) in [7, 11) is 1.97. The zero-order chi connectivity index (χ0) is 24.1. The average molecular weight is 485 g/mol. The molecule has 3 aromatic rings. The minimum Gasteiger partial charge on any atom is -0.345 e. The van der Waals surface area contributed by atoms with E-state index >= 15 is 0 Å². The molecule has 2 aliphatic heterocycles. The van der Waals surface area contributed by atoms with Gasteiger partial charge in [-0.1, -0.05) is 78.9 Å². The van der Waals surface area contributed by atoms with Crippen molar-refractivity contribution in [2.45, 2.75) is 53.6 Å².